The number of amides is 2. The van der Waals surface area contributed by atoms with Gasteiger partial charge in [0.05, 0.1) is 44.6 Å². The van der Waals surface area contributed by atoms with Crippen LogP contribution in [0.3, 0.4) is 0 Å². The minimum absolute atomic E-state index is 0.111. The fourth-order valence-corrected chi connectivity index (χ4v) is 4.21. The van der Waals surface area contributed by atoms with E-state index in [-0.39, 0.29) is 11.6 Å². The third-order valence-electron chi connectivity index (χ3n) is 4.65. The summed E-state index contributed by atoms with van der Waals surface area (Å²) in [6.07, 6.45) is -4.38. The van der Waals surface area contributed by atoms with Crippen LogP contribution in [0, 0.1) is 0 Å². The Hall–Kier alpha value is -3.15. The molecule has 0 spiro atoms. The fraction of sp³-hybridized carbons (Fsp3) is 0.400. The van der Waals surface area contributed by atoms with E-state index in [0.717, 1.165) is 5.38 Å². The number of rotatable bonds is 6. The molecule has 0 saturated carbocycles. The second kappa shape index (κ2) is 9.55. The van der Waals surface area contributed by atoms with Crippen molar-refractivity contribution in [2.24, 2.45) is 0 Å². The molecular formula is C20H21F3N2O6S. The van der Waals surface area contributed by atoms with E-state index in [0.29, 0.717) is 47.2 Å². The van der Waals surface area contributed by atoms with E-state index in [1.807, 2.05) is 0 Å². The molecule has 0 aliphatic carbocycles. The Morgan fingerprint density at radius 3 is 2.62 bits per heavy atom. The van der Waals surface area contributed by atoms with Gasteiger partial charge in [-0.2, -0.15) is 13.2 Å². The number of carbonyl (C=O) groups excluding carboxylic acids is 2. The van der Waals surface area contributed by atoms with Crippen LogP contribution in [0.4, 0.5) is 23.0 Å². The van der Waals surface area contributed by atoms with Crippen LogP contribution in [0.2, 0.25) is 0 Å². The Labute approximate surface area is 185 Å². The maximum absolute atomic E-state index is 13.3. The Balaban J connectivity index is 1.85. The number of hydrogen-bond donors (Lipinski definition) is 2. The molecule has 2 amide bonds. The van der Waals surface area contributed by atoms with Gasteiger partial charge in [0.1, 0.15) is 27.8 Å². The van der Waals surface area contributed by atoms with Gasteiger partial charge in [-0.05, 0) is 6.92 Å². The van der Waals surface area contributed by atoms with Crippen molar-refractivity contribution in [2.75, 3.05) is 32.8 Å². The molecule has 0 fully saturated rings. The van der Waals surface area contributed by atoms with Crippen LogP contribution >= 0.6 is 11.3 Å². The van der Waals surface area contributed by atoms with Crippen molar-refractivity contribution in [2.45, 2.75) is 25.6 Å². The number of alkyl halides is 3. The van der Waals surface area contributed by atoms with Crippen LogP contribution < -0.4 is 24.8 Å². The van der Waals surface area contributed by atoms with Gasteiger partial charge in [0.25, 0.3) is 0 Å². The van der Waals surface area contributed by atoms with E-state index in [2.05, 4.69) is 10.6 Å². The number of urea groups is 1. The lowest BCUT2D eigenvalue weighted by Gasteiger charge is -2.28. The lowest BCUT2D eigenvalue weighted by Crippen LogP contribution is -2.35. The van der Waals surface area contributed by atoms with Gasteiger partial charge in [-0.25, -0.2) is 9.59 Å². The van der Waals surface area contributed by atoms with Crippen molar-refractivity contribution in [1.82, 2.24) is 5.32 Å². The van der Waals surface area contributed by atoms with E-state index >= 15 is 0 Å². The summed E-state index contributed by atoms with van der Waals surface area (Å²) >= 11 is 0.587. The first-order valence-corrected chi connectivity index (χ1v) is 10.4. The van der Waals surface area contributed by atoms with Crippen molar-refractivity contribution in [3.8, 4) is 17.2 Å². The molecule has 1 atom stereocenters. The van der Waals surface area contributed by atoms with Crippen LogP contribution in [-0.2, 0) is 10.9 Å². The van der Waals surface area contributed by atoms with Crippen LogP contribution in [0.5, 0.6) is 17.2 Å². The van der Waals surface area contributed by atoms with Gasteiger partial charge >= 0.3 is 18.2 Å². The molecule has 2 N–H and O–H groups in total. The number of halogens is 3. The zero-order valence-electron chi connectivity index (χ0n) is 17.4. The second-order valence-electron chi connectivity index (χ2n) is 6.60. The van der Waals surface area contributed by atoms with E-state index in [4.69, 9.17) is 18.9 Å². The normalized spacial score (nSPS) is 15.2. The summed E-state index contributed by atoms with van der Waals surface area (Å²) in [6.45, 7) is 1.65. The Morgan fingerprint density at radius 2 is 2.00 bits per heavy atom. The summed E-state index contributed by atoms with van der Waals surface area (Å²) < 4.78 is 60.9. The largest absolute Gasteiger partial charge is 0.496 e. The van der Waals surface area contributed by atoms with Gasteiger partial charge in [0.2, 0.25) is 0 Å². The monoisotopic (exact) mass is 474 g/mol. The second-order valence-corrected chi connectivity index (χ2v) is 7.48. The Morgan fingerprint density at radius 1 is 1.25 bits per heavy atom. The molecule has 1 aliphatic rings. The molecule has 174 valence electrons. The van der Waals surface area contributed by atoms with E-state index in [1.165, 1.54) is 21.1 Å². The first-order chi connectivity index (χ1) is 15.2. The quantitative estimate of drug-likeness (QED) is 0.594. The van der Waals surface area contributed by atoms with Crippen molar-refractivity contribution in [3.05, 3.63) is 34.2 Å². The molecule has 2 heterocycles. The summed E-state index contributed by atoms with van der Waals surface area (Å²) in [5.74, 6) is 0.220. The molecule has 32 heavy (non-hydrogen) atoms. The predicted octanol–water partition coefficient (Wildman–Crippen LogP) is 4.61. The van der Waals surface area contributed by atoms with Gasteiger partial charge in [-0.3, -0.25) is 5.32 Å². The van der Waals surface area contributed by atoms with Gasteiger partial charge in [-0.1, -0.05) is 0 Å². The fourth-order valence-electron chi connectivity index (χ4n) is 3.26. The molecule has 2 aromatic rings. The molecule has 0 saturated heterocycles. The molecular weight excluding hydrogens is 453 g/mol. The standard InChI is InChI=1S/C20H21F3N2O6S/c1-4-30-18(26)15-11(20(21,22)23)9-32-17(15)25-19(27)24-12-5-6-31-14-8-10(28-2)7-13(29-3)16(12)14/h7-9,12H,4-6H2,1-3H3,(H2,24,25,27). The highest BCUT2D eigenvalue weighted by Crippen LogP contribution is 2.43. The van der Waals surface area contributed by atoms with E-state index in [1.54, 1.807) is 12.1 Å². The smallest absolute Gasteiger partial charge is 0.418 e. The van der Waals surface area contributed by atoms with E-state index < -0.39 is 35.3 Å². The number of methoxy groups -OCH3 is 2. The molecule has 1 unspecified atom stereocenters. The lowest BCUT2D eigenvalue weighted by molar-refractivity contribution is -0.137. The van der Waals surface area contributed by atoms with Crippen LogP contribution in [-0.4, -0.2) is 39.4 Å². The van der Waals surface area contributed by atoms with Crippen LogP contribution in [0.1, 0.15) is 40.9 Å². The average Bonchev–Trinajstić information content (AvgIpc) is 3.17. The molecule has 8 nitrogen and oxygen atoms in total. The SMILES string of the molecule is CCOC(=O)c1c(C(F)(F)F)csc1NC(=O)NC1CCOc2cc(OC)cc(OC)c21. The molecule has 0 radical (unpaired) electrons. The number of ether oxygens (including phenoxy) is 4. The number of anilines is 1. The summed E-state index contributed by atoms with van der Waals surface area (Å²) in [4.78, 5) is 24.8. The number of thiophene rings is 1. The predicted molar refractivity (Wildman–Crippen MR) is 110 cm³/mol. The highest BCUT2D eigenvalue weighted by molar-refractivity contribution is 7.15. The number of esters is 1. The van der Waals surface area contributed by atoms with Gasteiger partial charge in [0, 0.05) is 23.9 Å². The summed E-state index contributed by atoms with van der Waals surface area (Å²) in [7, 11) is 2.95. The van der Waals surface area contributed by atoms with Crippen molar-refractivity contribution in [1.29, 1.82) is 0 Å². The number of nitrogens with one attached hydrogen (secondary N) is 2. The first-order valence-electron chi connectivity index (χ1n) is 9.51. The summed E-state index contributed by atoms with van der Waals surface area (Å²) in [5.41, 5.74) is -1.32. The zero-order valence-corrected chi connectivity index (χ0v) is 18.2. The molecule has 1 aromatic heterocycles. The Bertz CT molecular complexity index is 991. The molecule has 0 bridgehead atoms. The number of hydrogen-bond acceptors (Lipinski definition) is 7. The average molecular weight is 474 g/mol. The molecule has 12 heteroatoms. The van der Waals surface area contributed by atoms with Crippen molar-refractivity contribution >= 4 is 28.3 Å². The van der Waals surface area contributed by atoms with Crippen molar-refractivity contribution in [3.63, 3.8) is 0 Å². The van der Waals surface area contributed by atoms with Gasteiger partial charge in [-0.15, -0.1) is 11.3 Å². The van der Waals surface area contributed by atoms with Gasteiger partial charge in [0.15, 0.2) is 0 Å². The number of benzene rings is 1. The lowest BCUT2D eigenvalue weighted by atomic mass is 9.99. The highest BCUT2D eigenvalue weighted by Gasteiger charge is 2.39. The minimum atomic E-state index is -4.78. The Kier molecular flexibility index (Phi) is 7.02. The first kappa shape index (κ1) is 23.5. The number of carbonyl (C=O) groups is 2. The summed E-state index contributed by atoms with van der Waals surface area (Å²) in [6, 6.07) is 1.94. The zero-order chi connectivity index (χ0) is 23.5. The third-order valence-corrected chi connectivity index (χ3v) is 5.55. The summed E-state index contributed by atoms with van der Waals surface area (Å²) in [5, 5.41) is 5.55. The third kappa shape index (κ3) is 4.85. The highest BCUT2D eigenvalue weighted by atomic mass is 32.1. The number of fused-ring (bicyclic) bond motifs is 1. The maximum atomic E-state index is 13.3. The van der Waals surface area contributed by atoms with Crippen molar-refractivity contribution < 1.29 is 41.7 Å². The molecule has 1 aromatic carbocycles. The van der Waals surface area contributed by atoms with Crippen LogP contribution in [0.25, 0.3) is 0 Å². The van der Waals surface area contributed by atoms with Crippen LogP contribution in [0.15, 0.2) is 17.5 Å². The maximum Gasteiger partial charge on any atom is 0.418 e. The minimum Gasteiger partial charge on any atom is -0.496 e. The topological polar surface area (TPSA) is 95.1 Å². The van der Waals surface area contributed by atoms with Gasteiger partial charge < -0.3 is 24.3 Å². The molecule has 3 rings (SSSR count). The molecule has 1 aliphatic heterocycles. The van der Waals surface area contributed by atoms with E-state index in [9.17, 15) is 22.8 Å².